The molecule has 158 valence electrons. The van der Waals surface area contributed by atoms with Gasteiger partial charge >= 0.3 is 0 Å². The Morgan fingerprint density at radius 3 is 2.50 bits per heavy atom. The molecule has 0 amide bonds. The van der Waals surface area contributed by atoms with Crippen LogP contribution in [0.25, 0.3) is 0 Å². The molecule has 1 aliphatic carbocycles. The second-order valence-electron chi connectivity index (χ2n) is 7.64. The Morgan fingerprint density at radius 2 is 1.82 bits per heavy atom. The van der Waals surface area contributed by atoms with Crippen LogP contribution in [0.3, 0.4) is 0 Å². The predicted molar refractivity (Wildman–Crippen MR) is 124 cm³/mol. The molecule has 1 saturated heterocycles. The zero-order chi connectivity index (χ0) is 19.0. The number of guanidine groups is 1. The number of hydrogen-bond donors (Lipinski definition) is 3. The minimum Gasteiger partial charge on any atom is -0.388 e. The van der Waals surface area contributed by atoms with E-state index < -0.39 is 5.60 Å². The molecule has 3 rings (SSSR count). The van der Waals surface area contributed by atoms with Crippen LogP contribution in [-0.4, -0.2) is 61.0 Å². The smallest absolute Gasteiger partial charge is 0.191 e. The van der Waals surface area contributed by atoms with Crippen molar-refractivity contribution in [1.29, 1.82) is 0 Å². The number of aliphatic imine (C=N–C) groups is 1. The van der Waals surface area contributed by atoms with Crippen LogP contribution in [0.5, 0.6) is 0 Å². The average molecular weight is 502 g/mol. The first-order valence-electron chi connectivity index (χ1n) is 10.3. The second-order valence-corrected chi connectivity index (χ2v) is 7.64. The summed E-state index contributed by atoms with van der Waals surface area (Å²) in [6, 6.07) is 8.53. The van der Waals surface area contributed by atoms with Crippen molar-refractivity contribution in [2.45, 2.75) is 51.3 Å². The standard InChI is InChI=1S/C21H34N4O2.HI/c1-2-22-20(24-17-21(26)9-5-6-10-21)23-15-18-7-3-4-8-19(18)16-25-11-13-27-14-12-25;/h3-4,7-8,26H,2,5-6,9-17H2,1H3,(H2,22,23,24);1H. The van der Waals surface area contributed by atoms with Crippen molar-refractivity contribution in [2.75, 3.05) is 39.4 Å². The number of halogens is 1. The maximum Gasteiger partial charge on any atom is 0.191 e. The van der Waals surface area contributed by atoms with Crippen LogP contribution in [-0.2, 0) is 17.8 Å². The van der Waals surface area contributed by atoms with Crippen LogP contribution in [0.2, 0.25) is 0 Å². The Morgan fingerprint density at radius 1 is 1.14 bits per heavy atom. The molecule has 28 heavy (non-hydrogen) atoms. The fourth-order valence-corrected chi connectivity index (χ4v) is 3.83. The zero-order valence-corrected chi connectivity index (χ0v) is 19.3. The fraction of sp³-hybridized carbons (Fsp3) is 0.667. The SMILES string of the molecule is CCNC(=NCc1ccccc1CN1CCOCC1)NCC1(O)CCCC1.I. The van der Waals surface area contributed by atoms with Crippen molar-refractivity contribution in [1.82, 2.24) is 15.5 Å². The molecule has 6 nitrogen and oxygen atoms in total. The number of hydrogen-bond acceptors (Lipinski definition) is 4. The lowest BCUT2D eigenvalue weighted by Crippen LogP contribution is -2.46. The van der Waals surface area contributed by atoms with Gasteiger partial charge < -0.3 is 20.5 Å². The molecule has 0 spiro atoms. The van der Waals surface area contributed by atoms with Crippen LogP contribution < -0.4 is 10.6 Å². The van der Waals surface area contributed by atoms with E-state index in [0.717, 1.165) is 71.0 Å². The van der Waals surface area contributed by atoms with E-state index in [-0.39, 0.29) is 24.0 Å². The van der Waals surface area contributed by atoms with Gasteiger partial charge in [-0.05, 0) is 30.9 Å². The normalized spacial score (nSPS) is 19.9. The Hall–Kier alpha value is -0.900. The number of rotatable bonds is 7. The lowest BCUT2D eigenvalue weighted by Gasteiger charge is -2.27. The van der Waals surface area contributed by atoms with Gasteiger partial charge in [0.2, 0.25) is 0 Å². The Bertz CT molecular complexity index is 614. The van der Waals surface area contributed by atoms with Gasteiger partial charge in [0.05, 0.1) is 25.4 Å². The van der Waals surface area contributed by atoms with Crippen molar-refractivity contribution < 1.29 is 9.84 Å². The number of aliphatic hydroxyl groups is 1. The summed E-state index contributed by atoms with van der Waals surface area (Å²) in [6.45, 7) is 8.62. The number of benzene rings is 1. The van der Waals surface area contributed by atoms with Gasteiger partial charge in [-0.2, -0.15) is 0 Å². The van der Waals surface area contributed by atoms with Gasteiger partial charge in [-0.3, -0.25) is 4.90 Å². The summed E-state index contributed by atoms with van der Waals surface area (Å²) in [5.41, 5.74) is 2.00. The van der Waals surface area contributed by atoms with Crippen LogP contribution in [0.1, 0.15) is 43.7 Å². The summed E-state index contributed by atoms with van der Waals surface area (Å²) in [5.74, 6) is 0.777. The lowest BCUT2D eigenvalue weighted by atomic mass is 10.0. The quantitative estimate of drug-likeness (QED) is 0.304. The Kier molecular flexibility index (Phi) is 9.98. The van der Waals surface area contributed by atoms with E-state index in [2.05, 4.69) is 46.7 Å². The molecular weight excluding hydrogens is 467 g/mol. The fourth-order valence-electron chi connectivity index (χ4n) is 3.83. The molecular formula is C21H35IN4O2. The van der Waals surface area contributed by atoms with E-state index in [1.54, 1.807) is 0 Å². The van der Waals surface area contributed by atoms with Gasteiger partial charge in [0.25, 0.3) is 0 Å². The van der Waals surface area contributed by atoms with Crippen LogP contribution >= 0.6 is 24.0 Å². The monoisotopic (exact) mass is 502 g/mol. The Labute approximate surface area is 186 Å². The predicted octanol–water partition coefficient (Wildman–Crippen LogP) is 2.50. The number of nitrogens with zero attached hydrogens (tertiary/aromatic N) is 2. The van der Waals surface area contributed by atoms with E-state index in [0.29, 0.717) is 13.1 Å². The van der Waals surface area contributed by atoms with E-state index in [9.17, 15) is 5.11 Å². The summed E-state index contributed by atoms with van der Waals surface area (Å²) < 4.78 is 5.45. The van der Waals surface area contributed by atoms with Gasteiger partial charge in [0, 0.05) is 32.7 Å². The molecule has 2 aliphatic rings. The number of ether oxygens (including phenoxy) is 1. The number of morpholine rings is 1. The third-order valence-corrected chi connectivity index (χ3v) is 5.49. The molecule has 1 aromatic rings. The van der Waals surface area contributed by atoms with Crippen LogP contribution in [0, 0.1) is 0 Å². The highest BCUT2D eigenvalue weighted by Crippen LogP contribution is 2.28. The topological polar surface area (TPSA) is 69.1 Å². The Balaban J connectivity index is 0.00000280. The lowest BCUT2D eigenvalue weighted by molar-refractivity contribution is 0.0341. The summed E-state index contributed by atoms with van der Waals surface area (Å²) in [6.07, 6.45) is 3.98. The molecule has 0 radical (unpaired) electrons. The van der Waals surface area contributed by atoms with Crippen molar-refractivity contribution in [3.63, 3.8) is 0 Å². The van der Waals surface area contributed by atoms with Gasteiger partial charge in [0.15, 0.2) is 5.96 Å². The molecule has 0 bridgehead atoms. The summed E-state index contributed by atoms with van der Waals surface area (Å²) in [5, 5.41) is 17.2. The van der Waals surface area contributed by atoms with E-state index in [4.69, 9.17) is 9.73 Å². The maximum atomic E-state index is 10.6. The highest BCUT2D eigenvalue weighted by atomic mass is 127. The summed E-state index contributed by atoms with van der Waals surface area (Å²) in [4.78, 5) is 7.21. The summed E-state index contributed by atoms with van der Waals surface area (Å²) in [7, 11) is 0. The molecule has 1 heterocycles. The van der Waals surface area contributed by atoms with Gasteiger partial charge in [-0.1, -0.05) is 37.1 Å². The molecule has 0 atom stereocenters. The molecule has 1 saturated carbocycles. The zero-order valence-electron chi connectivity index (χ0n) is 17.0. The van der Waals surface area contributed by atoms with Crippen molar-refractivity contribution >= 4 is 29.9 Å². The van der Waals surface area contributed by atoms with Gasteiger partial charge in [-0.25, -0.2) is 4.99 Å². The van der Waals surface area contributed by atoms with Crippen LogP contribution in [0.4, 0.5) is 0 Å². The molecule has 3 N–H and O–H groups in total. The first-order valence-corrected chi connectivity index (χ1v) is 10.3. The van der Waals surface area contributed by atoms with E-state index in [1.807, 2.05) is 0 Å². The minimum atomic E-state index is -0.579. The molecule has 0 aromatic heterocycles. The van der Waals surface area contributed by atoms with Crippen molar-refractivity contribution in [3.8, 4) is 0 Å². The average Bonchev–Trinajstić information content (AvgIpc) is 3.13. The van der Waals surface area contributed by atoms with Crippen LogP contribution in [0.15, 0.2) is 29.3 Å². The minimum absolute atomic E-state index is 0. The molecule has 0 unspecified atom stereocenters. The molecule has 7 heteroatoms. The second kappa shape index (κ2) is 11.9. The van der Waals surface area contributed by atoms with Gasteiger partial charge in [-0.15, -0.1) is 24.0 Å². The largest absolute Gasteiger partial charge is 0.388 e. The first-order chi connectivity index (χ1) is 13.2. The number of nitrogens with one attached hydrogen (secondary N) is 2. The third kappa shape index (κ3) is 7.17. The molecule has 2 fully saturated rings. The third-order valence-electron chi connectivity index (χ3n) is 5.49. The van der Waals surface area contributed by atoms with Crippen molar-refractivity contribution in [2.24, 2.45) is 4.99 Å². The van der Waals surface area contributed by atoms with E-state index >= 15 is 0 Å². The maximum absolute atomic E-state index is 10.6. The summed E-state index contributed by atoms with van der Waals surface area (Å²) >= 11 is 0. The van der Waals surface area contributed by atoms with Crippen molar-refractivity contribution in [3.05, 3.63) is 35.4 Å². The molecule has 1 aromatic carbocycles. The first kappa shape index (κ1) is 23.4. The highest BCUT2D eigenvalue weighted by Gasteiger charge is 2.30. The van der Waals surface area contributed by atoms with Gasteiger partial charge in [0.1, 0.15) is 0 Å². The molecule has 1 aliphatic heterocycles. The van der Waals surface area contributed by atoms with E-state index in [1.165, 1.54) is 11.1 Å². The highest BCUT2D eigenvalue weighted by molar-refractivity contribution is 14.0.